The van der Waals surface area contributed by atoms with E-state index in [4.69, 9.17) is 0 Å². The van der Waals surface area contributed by atoms with Crippen molar-refractivity contribution in [3.63, 3.8) is 0 Å². The molecule has 3 nitrogen and oxygen atoms in total. The first kappa shape index (κ1) is 8.56. The zero-order valence-corrected chi connectivity index (χ0v) is 8.97. The standard InChI is InChI=1S/C9H9BrN2O/c1-5-3-6-7(10)4-12(2)8(6)9(13)11-5/h3-4H,1-2H3,(H,11,13). The molecule has 2 heterocycles. The molecule has 0 aliphatic heterocycles. The highest BCUT2D eigenvalue weighted by molar-refractivity contribution is 9.10. The maximum absolute atomic E-state index is 11.5. The van der Waals surface area contributed by atoms with Crippen LogP contribution in [0.2, 0.25) is 0 Å². The summed E-state index contributed by atoms with van der Waals surface area (Å²) in [5.41, 5.74) is 1.55. The Morgan fingerprint density at radius 3 is 2.92 bits per heavy atom. The molecule has 0 aliphatic rings. The molecule has 1 N–H and O–H groups in total. The van der Waals surface area contributed by atoms with E-state index in [1.54, 1.807) is 0 Å². The van der Waals surface area contributed by atoms with Gasteiger partial charge in [-0.25, -0.2) is 0 Å². The van der Waals surface area contributed by atoms with Crippen LogP contribution in [0.5, 0.6) is 0 Å². The Labute approximate surface area is 83.5 Å². The van der Waals surface area contributed by atoms with Crippen molar-refractivity contribution in [2.24, 2.45) is 7.05 Å². The van der Waals surface area contributed by atoms with Gasteiger partial charge in [0.15, 0.2) is 0 Å². The normalized spacial score (nSPS) is 11.0. The third kappa shape index (κ3) is 1.21. The van der Waals surface area contributed by atoms with Crippen LogP contribution in [0.25, 0.3) is 10.9 Å². The average molecular weight is 241 g/mol. The molecule has 0 atom stereocenters. The number of hydrogen-bond acceptors (Lipinski definition) is 1. The number of pyridine rings is 1. The second kappa shape index (κ2) is 2.73. The minimum Gasteiger partial charge on any atom is -0.345 e. The van der Waals surface area contributed by atoms with Crippen LogP contribution in [-0.4, -0.2) is 9.55 Å². The van der Waals surface area contributed by atoms with Gasteiger partial charge in [0, 0.05) is 28.8 Å². The zero-order chi connectivity index (χ0) is 9.59. The minimum atomic E-state index is -0.0387. The number of aromatic nitrogens is 2. The van der Waals surface area contributed by atoms with Crippen molar-refractivity contribution >= 4 is 26.8 Å². The van der Waals surface area contributed by atoms with Crippen molar-refractivity contribution in [3.8, 4) is 0 Å². The van der Waals surface area contributed by atoms with E-state index >= 15 is 0 Å². The Morgan fingerprint density at radius 1 is 1.54 bits per heavy atom. The summed E-state index contributed by atoms with van der Waals surface area (Å²) in [7, 11) is 1.86. The summed E-state index contributed by atoms with van der Waals surface area (Å²) in [5, 5.41) is 0.962. The highest BCUT2D eigenvalue weighted by Gasteiger charge is 2.07. The third-order valence-corrected chi connectivity index (χ3v) is 2.69. The van der Waals surface area contributed by atoms with Crippen LogP contribution >= 0.6 is 15.9 Å². The van der Waals surface area contributed by atoms with Crippen LogP contribution in [-0.2, 0) is 7.05 Å². The average Bonchev–Trinajstić information content (AvgIpc) is 2.27. The lowest BCUT2D eigenvalue weighted by Crippen LogP contribution is -2.09. The molecule has 0 unspecified atom stereocenters. The van der Waals surface area contributed by atoms with E-state index in [9.17, 15) is 4.79 Å². The highest BCUT2D eigenvalue weighted by atomic mass is 79.9. The smallest absolute Gasteiger partial charge is 0.272 e. The number of nitrogens with one attached hydrogen (secondary N) is 1. The Hall–Kier alpha value is -1.03. The predicted molar refractivity (Wildman–Crippen MR) is 56.0 cm³/mol. The van der Waals surface area contributed by atoms with Crippen LogP contribution in [0.4, 0.5) is 0 Å². The van der Waals surface area contributed by atoms with E-state index in [2.05, 4.69) is 20.9 Å². The van der Waals surface area contributed by atoms with Gasteiger partial charge in [0.2, 0.25) is 0 Å². The first-order valence-electron chi connectivity index (χ1n) is 3.94. The first-order chi connectivity index (χ1) is 6.09. The van der Waals surface area contributed by atoms with Crippen LogP contribution in [0.3, 0.4) is 0 Å². The van der Waals surface area contributed by atoms with E-state index in [1.807, 2.05) is 30.8 Å². The molecule has 2 aromatic heterocycles. The highest BCUT2D eigenvalue weighted by Crippen LogP contribution is 2.22. The number of halogens is 1. The number of H-pyrrole nitrogens is 1. The number of aromatic amines is 1. The molecule has 0 bridgehead atoms. The summed E-state index contributed by atoms with van der Waals surface area (Å²) in [6, 6.07) is 1.96. The molecule has 0 saturated carbocycles. The van der Waals surface area contributed by atoms with E-state index in [1.165, 1.54) is 0 Å². The molecule has 0 spiro atoms. The molecule has 13 heavy (non-hydrogen) atoms. The van der Waals surface area contributed by atoms with Crippen LogP contribution < -0.4 is 5.56 Å². The Bertz CT molecular complexity index is 524. The number of aryl methyl sites for hydroxylation is 2. The summed E-state index contributed by atoms with van der Waals surface area (Å²) in [6.07, 6.45) is 1.89. The van der Waals surface area contributed by atoms with E-state index < -0.39 is 0 Å². The molecule has 2 rings (SSSR count). The Kier molecular flexibility index (Phi) is 1.80. The van der Waals surface area contributed by atoms with Crippen LogP contribution in [0.1, 0.15) is 5.69 Å². The predicted octanol–water partition coefficient (Wildman–Crippen LogP) is 1.94. The van der Waals surface area contributed by atoms with Crippen molar-refractivity contribution < 1.29 is 0 Å². The van der Waals surface area contributed by atoms with Gasteiger partial charge in [-0.3, -0.25) is 4.79 Å². The first-order valence-corrected chi connectivity index (χ1v) is 4.73. The summed E-state index contributed by atoms with van der Waals surface area (Å²) >= 11 is 3.41. The van der Waals surface area contributed by atoms with Gasteiger partial charge in [0.1, 0.15) is 5.52 Å². The molecule has 0 saturated heterocycles. The lowest BCUT2D eigenvalue weighted by Gasteiger charge is -1.96. The SMILES string of the molecule is Cc1cc2c(Br)cn(C)c2c(=O)[nH]1. The van der Waals surface area contributed by atoms with Crippen molar-refractivity contribution in [1.82, 2.24) is 9.55 Å². The van der Waals surface area contributed by atoms with Crippen LogP contribution in [0, 0.1) is 6.92 Å². The summed E-state index contributed by atoms with van der Waals surface area (Å²) < 4.78 is 2.77. The molecule has 0 amide bonds. The number of fused-ring (bicyclic) bond motifs is 1. The van der Waals surface area contributed by atoms with Crippen molar-refractivity contribution in [2.75, 3.05) is 0 Å². The van der Waals surface area contributed by atoms with Gasteiger partial charge in [-0.15, -0.1) is 0 Å². The fourth-order valence-electron chi connectivity index (χ4n) is 1.52. The Balaban J connectivity index is 3.06. The van der Waals surface area contributed by atoms with Gasteiger partial charge in [0.05, 0.1) is 0 Å². The van der Waals surface area contributed by atoms with Crippen LogP contribution in [0.15, 0.2) is 21.5 Å². The summed E-state index contributed by atoms with van der Waals surface area (Å²) in [4.78, 5) is 14.3. The van der Waals surface area contributed by atoms with Gasteiger partial charge < -0.3 is 9.55 Å². The second-order valence-corrected chi connectivity index (χ2v) is 3.99. The fourth-order valence-corrected chi connectivity index (χ4v) is 2.13. The van der Waals surface area contributed by atoms with Gasteiger partial charge in [-0.05, 0) is 28.9 Å². The Morgan fingerprint density at radius 2 is 2.23 bits per heavy atom. The summed E-state index contributed by atoms with van der Waals surface area (Å²) in [6.45, 7) is 1.88. The van der Waals surface area contributed by atoms with Crippen molar-refractivity contribution in [2.45, 2.75) is 6.92 Å². The largest absolute Gasteiger partial charge is 0.345 e. The van der Waals surface area contributed by atoms with Crippen molar-refractivity contribution in [1.29, 1.82) is 0 Å². The molecule has 68 valence electrons. The second-order valence-electron chi connectivity index (χ2n) is 3.13. The maximum Gasteiger partial charge on any atom is 0.272 e. The molecule has 0 fully saturated rings. The van der Waals surface area contributed by atoms with E-state index in [-0.39, 0.29) is 5.56 Å². The third-order valence-electron chi connectivity index (χ3n) is 2.06. The van der Waals surface area contributed by atoms with Gasteiger partial charge in [0.25, 0.3) is 5.56 Å². The van der Waals surface area contributed by atoms with E-state index in [0.29, 0.717) is 5.52 Å². The number of nitrogens with zero attached hydrogens (tertiary/aromatic N) is 1. The molecular weight excluding hydrogens is 232 g/mol. The monoisotopic (exact) mass is 240 g/mol. The zero-order valence-electron chi connectivity index (χ0n) is 7.39. The lowest BCUT2D eigenvalue weighted by atomic mass is 10.3. The number of rotatable bonds is 0. The quantitative estimate of drug-likeness (QED) is 0.751. The molecule has 0 aliphatic carbocycles. The fraction of sp³-hybridized carbons (Fsp3) is 0.222. The lowest BCUT2D eigenvalue weighted by molar-refractivity contribution is 0.953. The number of hydrogen-bond donors (Lipinski definition) is 1. The maximum atomic E-state index is 11.5. The molecule has 2 aromatic rings. The van der Waals surface area contributed by atoms with Gasteiger partial charge in [-0.2, -0.15) is 0 Å². The van der Waals surface area contributed by atoms with Gasteiger partial charge in [-0.1, -0.05) is 0 Å². The molecular formula is C9H9BrN2O. The topological polar surface area (TPSA) is 37.8 Å². The van der Waals surface area contributed by atoms with Gasteiger partial charge >= 0.3 is 0 Å². The summed E-state index contributed by atoms with van der Waals surface area (Å²) in [5.74, 6) is 0. The molecule has 4 heteroatoms. The van der Waals surface area contributed by atoms with Crippen molar-refractivity contribution in [3.05, 3.63) is 32.8 Å². The van der Waals surface area contributed by atoms with E-state index in [0.717, 1.165) is 15.6 Å². The molecule has 0 aromatic carbocycles. The molecule has 0 radical (unpaired) electrons. The minimum absolute atomic E-state index is 0.0387.